The van der Waals surface area contributed by atoms with Crippen LogP contribution in [-0.2, 0) is 17.3 Å². The van der Waals surface area contributed by atoms with Crippen LogP contribution in [0.4, 0.5) is 18.0 Å². The van der Waals surface area contributed by atoms with Crippen LogP contribution >= 0.6 is 0 Å². The molecule has 32 heavy (non-hydrogen) atoms. The molecule has 2 N–H and O–H groups in total. The highest BCUT2D eigenvalue weighted by molar-refractivity contribution is 5.79. The Balaban J connectivity index is 1.40. The molecule has 0 aromatic heterocycles. The second-order valence-electron chi connectivity index (χ2n) is 7.75. The number of rotatable bonds is 6. The predicted octanol–water partition coefficient (Wildman–Crippen LogP) is 5.15. The Morgan fingerprint density at radius 2 is 1.59 bits per heavy atom. The molecule has 0 bridgehead atoms. The first-order valence-corrected chi connectivity index (χ1v) is 10.3. The van der Waals surface area contributed by atoms with Crippen LogP contribution in [0.15, 0.2) is 72.8 Å². The number of alkyl halides is 3. The third kappa shape index (κ3) is 4.62. The molecular formula is C25H22F3NO3. The number of aliphatic hydroxyl groups is 1. The molecule has 0 heterocycles. The van der Waals surface area contributed by atoms with E-state index < -0.39 is 30.5 Å². The van der Waals surface area contributed by atoms with E-state index in [1.54, 1.807) is 0 Å². The third-order valence-corrected chi connectivity index (χ3v) is 5.62. The van der Waals surface area contributed by atoms with Gasteiger partial charge in [0, 0.05) is 5.92 Å². The fourth-order valence-electron chi connectivity index (χ4n) is 4.13. The van der Waals surface area contributed by atoms with Gasteiger partial charge in [0.25, 0.3) is 0 Å². The zero-order chi connectivity index (χ0) is 22.7. The summed E-state index contributed by atoms with van der Waals surface area (Å²) in [5.74, 6) is -0.107. The van der Waals surface area contributed by atoms with E-state index in [9.17, 15) is 23.1 Å². The lowest BCUT2D eigenvalue weighted by Gasteiger charge is -2.19. The van der Waals surface area contributed by atoms with E-state index in [1.165, 1.54) is 12.1 Å². The molecule has 7 heteroatoms. The number of benzene rings is 3. The highest BCUT2D eigenvalue weighted by Gasteiger charge is 2.31. The fraction of sp³-hybridized carbons (Fsp3) is 0.240. The van der Waals surface area contributed by atoms with E-state index in [4.69, 9.17) is 4.74 Å². The van der Waals surface area contributed by atoms with E-state index in [2.05, 4.69) is 5.32 Å². The summed E-state index contributed by atoms with van der Waals surface area (Å²) >= 11 is 0. The van der Waals surface area contributed by atoms with Gasteiger partial charge in [-0.1, -0.05) is 66.7 Å². The first-order valence-electron chi connectivity index (χ1n) is 10.3. The number of aliphatic hydroxyl groups excluding tert-OH is 1. The summed E-state index contributed by atoms with van der Waals surface area (Å²) < 4.78 is 44.2. The van der Waals surface area contributed by atoms with E-state index >= 15 is 0 Å². The van der Waals surface area contributed by atoms with Crippen molar-refractivity contribution in [2.24, 2.45) is 0 Å². The van der Waals surface area contributed by atoms with Crippen LogP contribution in [0.25, 0.3) is 11.1 Å². The highest BCUT2D eigenvalue weighted by atomic mass is 19.4. The summed E-state index contributed by atoms with van der Waals surface area (Å²) in [5, 5.41) is 12.2. The molecule has 3 aromatic rings. The molecule has 1 amide bonds. The van der Waals surface area contributed by atoms with Gasteiger partial charge in [-0.3, -0.25) is 0 Å². The number of ether oxygens (including phenoxy) is 1. The van der Waals surface area contributed by atoms with Crippen LogP contribution < -0.4 is 5.32 Å². The minimum atomic E-state index is -4.45. The maximum absolute atomic E-state index is 12.9. The van der Waals surface area contributed by atoms with Gasteiger partial charge in [0.15, 0.2) is 0 Å². The van der Waals surface area contributed by atoms with Gasteiger partial charge in [-0.2, -0.15) is 13.2 Å². The zero-order valence-corrected chi connectivity index (χ0v) is 17.1. The molecule has 166 valence electrons. The topological polar surface area (TPSA) is 58.6 Å². The van der Waals surface area contributed by atoms with Crippen molar-refractivity contribution in [1.29, 1.82) is 0 Å². The molecule has 0 spiro atoms. The molecule has 3 aromatic carbocycles. The molecule has 1 aliphatic rings. The minimum absolute atomic E-state index is 0.0462. The summed E-state index contributed by atoms with van der Waals surface area (Å²) in [4.78, 5) is 12.4. The number of nitrogens with one attached hydrogen (secondary N) is 1. The molecule has 4 nitrogen and oxygen atoms in total. The first-order chi connectivity index (χ1) is 15.4. The number of carbonyl (C=O) groups is 1. The molecule has 1 atom stereocenters. The zero-order valence-electron chi connectivity index (χ0n) is 17.1. The summed E-state index contributed by atoms with van der Waals surface area (Å²) in [7, 11) is 0. The van der Waals surface area contributed by atoms with E-state index in [1.807, 2.05) is 48.5 Å². The quantitative estimate of drug-likeness (QED) is 0.557. The maximum Gasteiger partial charge on any atom is 0.416 e. The van der Waals surface area contributed by atoms with Crippen molar-refractivity contribution in [2.45, 2.75) is 24.6 Å². The Morgan fingerprint density at radius 1 is 0.969 bits per heavy atom. The number of fused-ring (bicyclic) bond motifs is 3. The third-order valence-electron chi connectivity index (χ3n) is 5.62. The monoisotopic (exact) mass is 441 g/mol. The van der Waals surface area contributed by atoms with Crippen molar-refractivity contribution in [1.82, 2.24) is 5.32 Å². The molecule has 0 radical (unpaired) electrons. The predicted molar refractivity (Wildman–Crippen MR) is 114 cm³/mol. The molecule has 1 aliphatic carbocycles. The molecule has 1 unspecified atom stereocenters. The van der Waals surface area contributed by atoms with Gasteiger partial charge in [0.05, 0.1) is 18.2 Å². The second kappa shape index (κ2) is 9.04. The Kier molecular flexibility index (Phi) is 6.19. The summed E-state index contributed by atoms with van der Waals surface area (Å²) in [6.45, 7) is -0.317. The fourth-order valence-corrected chi connectivity index (χ4v) is 4.13. The average molecular weight is 441 g/mol. The average Bonchev–Trinajstić information content (AvgIpc) is 3.10. The van der Waals surface area contributed by atoms with Crippen molar-refractivity contribution in [3.8, 4) is 11.1 Å². The summed E-state index contributed by atoms with van der Waals surface area (Å²) in [6.07, 6.45) is -5.13. The lowest BCUT2D eigenvalue weighted by atomic mass is 9.98. The van der Waals surface area contributed by atoms with Crippen LogP contribution in [0, 0.1) is 0 Å². The van der Waals surface area contributed by atoms with Crippen molar-refractivity contribution >= 4 is 6.09 Å². The molecule has 0 aliphatic heterocycles. The number of amides is 1. The maximum atomic E-state index is 12.9. The number of hydrogen-bond donors (Lipinski definition) is 2. The lowest BCUT2D eigenvalue weighted by Crippen LogP contribution is -2.39. The summed E-state index contributed by atoms with van der Waals surface area (Å²) in [5.41, 5.74) is 3.95. The van der Waals surface area contributed by atoms with Crippen LogP contribution in [0.1, 0.15) is 28.2 Å². The SMILES string of the molecule is O=C(NC(CO)Cc1cccc(C(F)(F)F)c1)OCC1c2ccccc2-c2ccccc21. The van der Waals surface area contributed by atoms with Gasteiger partial charge in [0.1, 0.15) is 6.61 Å². The lowest BCUT2D eigenvalue weighted by molar-refractivity contribution is -0.137. The molecule has 0 saturated heterocycles. The van der Waals surface area contributed by atoms with Crippen molar-refractivity contribution < 1.29 is 27.8 Å². The van der Waals surface area contributed by atoms with Gasteiger partial charge < -0.3 is 15.2 Å². The number of halogens is 3. The van der Waals surface area contributed by atoms with Gasteiger partial charge >= 0.3 is 12.3 Å². The Morgan fingerprint density at radius 3 is 2.19 bits per heavy atom. The highest BCUT2D eigenvalue weighted by Crippen LogP contribution is 2.44. The Hall–Kier alpha value is -3.32. The molecule has 0 saturated carbocycles. The van der Waals surface area contributed by atoms with Gasteiger partial charge in [-0.25, -0.2) is 4.79 Å². The number of alkyl carbamates (subject to hydrolysis) is 1. The van der Waals surface area contributed by atoms with Gasteiger partial charge in [-0.15, -0.1) is 0 Å². The normalized spacial score (nSPS) is 13.9. The van der Waals surface area contributed by atoms with Crippen LogP contribution in [0.5, 0.6) is 0 Å². The van der Waals surface area contributed by atoms with Gasteiger partial charge in [0.2, 0.25) is 0 Å². The summed E-state index contributed by atoms with van der Waals surface area (Å²) in [6, 6.07) is 19.9. The minimum Gasteiger partial charge on any atom is -0.449 e. The standard InChI is InChI=1S/C25H22F3NO3/c26-25(27,28)17-7-5-6-16(12-17)13-18(14-30)29-24(31)32-15-23-21-10-3-1-8-19(21)20-9-2-4-11-22(20)23/h1-12,18,23,30H,13-15H2,(H,29,31). The van der Waals surface area contributed by atoms with E-state index in [0.29, 0.717) is 5.56 Å². The first kappa shape index (κ1) is 21.9. The van der Waals surface area contributed by atoms with E-state index in [-0.39, 0.29) is 18.9 Å². The number of hydrogen-bond acceptors (Lipinski definition) is 3. The second-order valence-corrected chi connectivity index (χ2v) is 7.75. The smallest absolute Gasteiger partial charge is 0.416 e. The van der Waals surface area contributed by atoms with Crippen LogP contribution in [0.2, 0.25) is 0 Å². The van der Waals surface area contributed by atoms with Crippen molar-refractivity contribution in [3.63, 3.8) is 0 Å². The Labute approximate surface area is 183 Å². The van der Waals surface area contributed by atoms with Crippen molar-refractivity contribution in [2.75, 3.05) is 13.2 Å². The van der Waals surface area contributed by atoms with Crippen LogP contribution in [-0.4, -0.2) is 30.5 Å². The molecular weight excluding hydrogens is 419 g/mol. The van der Waals surface area contributed by atoms with Crippen molar-refractivity contribution in [3.05, 3.63) is 95.1 Å². The largest absolute Gasteiger partial charge is 0.449 e. The van der Waals surface area contributed by atoms with Crippen LogP contribution in [0.3, 0.4) is 0 Å². The number of carbonyl (C=O) groups excluding carboxylic acids is 1. The molecule has 0 fully saturated rings. The Bertz CT molecular complexity index is 1070. The molecule has 4 rings (SSSR count). The van der Waals surface area contributed by atoms with E-state index in [0.717, 1.165) is 34.4 Å². The van der Waals surface area contributed by atoms with Gasteiger partial charge in [-0.05, 0) is 40.3 Å².